The fourth-order valence-electron chi connectivity index (χ4n) is 2.50. The molecule has 0 spiro atoms. The molecule has 32 heavy (non-hydrogen) atoms. The van der Waals surface area contributed by atoms with Crippen LogP contribution in [0.25, 0.3) is 6.08 Å². The van der Waals surface area contributed by atoms with E-state index in [1.54, 1.807) is 30.3 Å². The number of carbonyl (C=O) groups excluding carboxylic acids is 3. The Morgan fingerprint density at radius 1 is 1.06 bits per heavy atom. The molecule has 0 heterocycles. The molecule has 0 aliphatic heterocycles. The summed E-state index contributed by atoms with van der Waals surface area (Å²) < 4.78 is 20.8. The first-order valence-electron chi connectivity index (χ1n) is 9.35. The van der Waals surface area contributed by atoms with Crippen molar-refractivity contribution in [2.75, 3.05) is 26.1 Å². The molecule has 9 nitrogen and oxygen atoms in total. The predicted octanol–water partition coefficient (Wildman–Crippen LogP) is 2.80. The highest BCUT2D eigenvalue weighted by Crippen LogP contribution is 2.29. The van der Waals surface area contributed by atoms with Crippen molar-refractivity contribution in [3.8, 4) is 17.2 Å². The Morgan fingerprint density at radius 2 is 1.75 bits per heavy atom. The minimum absolute atomic E-state index is 0.293. The maximum Gasteiger partial charge on any atom is 0.331 e. The molecule has 0 aromatic heterocycles. The fraction of sp³-hybridized carbons (Fsp3) is 0.227. The highest BCUT2D eigenvalue weighted by atomic mass is 35.5. The molecule has 0 bridgehead atoms. The van der Waals surface area contributed by atoms with Crippen LogP contribution in [0.5, 0.6) is 17.2 Å². The van der Waals surface area contributed by atoms with Crippen LogP contribution in [0.15, 0.2) is 42.5 Å². The molecule has 2 rings (SSSR count). The number of anilines is 1. The van der Waals surface area contributed by atoms with Crippen LogP contribution >= 0.6 is 11.6 Å². The topological polar surface area (TPSA) is 126 Å². The first kappa shape index (κ1) is 24.5. The predicted molar refractivity (Wildman–Crippen MR) is 119 cm³/mol. The molecule has 2 amide bonds. The Morgan fingerprint density at radius 3 is 2.41 bits per heavy atom. The number of benzene rings is 2. The molecule has 10 heteroatoms. The average Bonchev–Trinajstić information content (AvgIpc) is 2.76. The van der Waals surface area contributed by atoms with E-state index in [9.17, 15) is 14.4 Å². The van der Waals surface area contributed by atoms with E-state index < -0.39 is 23.9 Å². The lowest BCUT2D eigenvalue weighted by atomic mass is 10.2. The van der Waals surface area contributed by atoms with Gasteiger partial charge >= 0.3 is 5.97 Å². The van der Waals surface area contributed by atoms with Gasteiger partial charge in [-0.3, -0.25) is 9.59 Å². The summed E-state index contributed by atoms with van der Waals surface area (Å²) in [5, 5.41) is 3.02. The van der Waals surface area contributed by atoms with Gasteiger partial charge in [-0.05, 0) is 48.9 Å². The molecular formula is C22H23ClN2O7. The highest BCUT2D eigenvalue weighted by Gasteiger charge is 2.18. The molecule has 2 aromatic carbocycles. The highest BCUT2D eigenvalue weighted by molar-refractivity contribution is 6.31. The number of methoxy groups -OCH3 is 2. The number of amides is 2. The molecule has 170 valence electrons. The van der Waals surface area contributed by atoms with Crippen molar-refractivity contribution in [3.63, 3.8) is 0 Å². The zero-order valence-electron chi connectivity index (χ0n) is 17.7. The SMILES string of the molecule is COc1ccc(Cl)cc1NC(=O)C(C)OC(=O)/C=C/c1ccc(OCC(N)=O)c(OC)c1. The lowest BCUT2D eigenvalue weighted by Crippen LogP contribution is -2.29. The van der Waals surface area contributed by atoms with Crippen molar-refractivity contribution in [1.82, 2.24) is 0 Å². The number of ether oxygens (including phenoxy) is 4. The summed E-state index contributed by atoms with van der Waals surface area (Å²) in [5.74, 6) is -0.800. The van der Waals surface area contributed by atoms with E-state index in [1.165, 1.54) is 39.4 Å². The quantitative estimate of drug-likeness (QED) is 0.410. The molecule has 0 aliphatic carbocycles. The first-order chi connectivity index (χ1) is 15.2. The van der Waals surface area contributed by atoms with Gasteiger partial charge in [0.15, 0.2) is 24.2 Å². The van der Waals surface area contributed by atoms with Gasteiger partial charge in [0, 0.05) is 11.1 Å². The van der Waals surface area contributed by atoms with Gasteiger partial charge in [0.25, 0.3) is 11.8 Å². The van der Waals surface area contributed by atoms with Crippen LogP contribution in [0, 0.1) is 0 Å². The molecular weight excluding hydrogens is 440 g/mol. The second-order valence-electron chi connectivity index (χ2n) is 6.41. The summed E-state index contributed by atoms with van der Waals surface area (Å²) in [6.07, 6.45) is 1.57. The van der Waals surface area contributed by atoms with Gasteiger partial charge in [-0.15, -0.1) is 0 Å². The largest absolute Gasteiger partial charge is 0.495 e. The number of hydrogen-bond acceptors (Lipinski definition) is 7. The summed E-state index contributed by atoms with van der Waals surface area (Å²) >= 11 is 5.94. The van der Waals surface area contributed by atoms with Crippen molar-refractivity contribution in [3.05, 3.63) is 53.1 Å². The molecule has 0 fully saturated rings. The zero-order chi connectivity index (χ0) is 23.7. The van der Waals surface area contributed by atoms with Gasteiger partial charge in [0.1, 0.15) is 5.75 Å². The lowest BCUT2D eigenvalue weighted by Gasteiger charge is -2.14. The van der Waals surface area contributed by atoms with Gasteiger partial charge in [-0.1, -0.05) is 17.7 Å². The van der Waals surface area contributed by atoms with Gasteiger partial charge in [-0.25, -0.2) is 4.79 Å². The number of primary amides is 1. The van der Waals surface area contributed by atoms with Crippen molar-refractivity contribution in [2.24, 2.45) is 5.73 Å². The Kier molecular flexibility index (Phi) is 8.91. The normalized spacial score (nSPS) is 11.5. The molecule has 3 N–H and O–H groups in total. The van der Waals surface area contributed by atoms with Crippen LogP contribution in [-0.4, -0.2) is 44.7 Å². The van der Waals surface area contributed by atoms with E-state index in [0.717, 1.165) is 0 Å². The third-order valence-corrected chi connectivity index (χ3v) is 4.29. The van der Waals surface area contributed by atoms with Crippen LogP contribution in [0.1, 0.15) is 12.5 Å². The Balaban J connectivity index is 1.98. The second kappa shape index (κ2) is 11.6. The molecule has 1 atom stereocenters. The van der Waals surface area contributed by atoms with Gasteiger partial charge < -0.3 is 30.0 Å². The minimum atomic E-state index is -1.07. The monoisotopic (exact) mass is 462 g/mol. The molecule has 0 saturated heterocycles. The molecule has 0 saturated carbocycles. The molecule has 0 aliphatic rings. The van der Waals surface area contributed by atoms with E-state index in [-0.39, 0.29) is 6.61 Å². The van der Waals surface area contributed by atoms with Crippen molar-refractivity contribution in [1.29, 1.82) is 0 Å². The number of hydrogen-bond donors (Lipinski definition) is 2. The van der Waals surface area contributed by atoms with Crippen LogP contribution in [0.2, 0.25) is 5.02 Å². The van der Waals surface area contributed by atoms with Crippen LogP contribution in [-0.2, 0) is 19.1 Å². The van der Waals surface area contributed by atoms with Crippen LogP contribution in [0.4, 0.5) is 5.69 Å². The summed E-state index contributed by atoms with van der Waals surface area (Å²) in [6, 6.07) is 9.57. The maximum atomic E-state index is 12.4. The Bertz CT molecular complexity index is 1020. The van der Waals surface area contributed by atoms with E-state index in [1.807, 2.05) is 0 Å². The van der Waals surface area contributed by atoms with E-state index >= 15 is 0 Å². The van der Waals surface area contributed by atoms with E-state index in [4.69, 9.17) is 36.3 Å². The standard InChI is InChI=1S/C22H23ClN2O7/c1-13(22(28)25-16-11-15(23)6-8-17(16)29-2)32-21(27)9-5-14-4-7-18(19(10-14)30-3)31-12-20(24)26/h4-11,13H,12H2,1-3H3,(H2,24,26)(H,25,28)/b9-5+. The number of nitrogens with two attached hydrogens (primary N) is 1. The molecule has 0 radical (unpaired) electrons. The third-order valence-electron chi connectivity index (χ3n) is 4.05. The van der Waals surface area contributed by atoms with Gasteiger partial charge in [-0.2, -0.15) is 0 Å². The number of rotatable bonds is 10. The first-order valence-corrected chi connectivity index (χ1v) is 9.73. The second-order valence-corrected chi connectivity index (χ2v) is 6.85. The third kappa shape index (κ3) is 7.21. The fourth-order valence-corrected chi connectivity index (χ4v) is 2.67. The summed E-state index contributed by atoms with van der Waals surface area (Å²) in [7, 11) is 2.89. The van der Waals surface area contributed by atoms with Gasteiger partial charge in [0.05, 0.1) is 19.9 Å². The number of halogens is 1. The number of esters is 1. The minimum Gasteiger partial charge on any atom is -0.495 e. The zero-order valence-corrected chi connectivity index (χ0v) is 18.5. The maximum absolute atomic E-state index is 12.4. The number of carbonyl (C=O) groups is 3. The van der Waals surface area contributed by atoms with Crippen molar-refractivity contribution in [2.45, 2.75) is 13.0 Å². The average molecular weight is 463 g/mol. The summed E-state index contributed by atoms with van der Waals surface area (Å²) in [4.78, 5) is 35.3. The van der Waals surface area contributed by atoms with Gasteiger partial charge in [0.2, 0.25) is 0 Å². The van der Waals surface area contributed by atoms with Crippen molar-refractivity contribution >= 4 is 41.1 Å². The lowest BCUT2D eigenvalue weighted by molar-refractivity contribution is -0.148. The number of nitrogens with one attached hydrogen (secondary N) is 1. The molecule has 2 aromatic rings. The van der Waals surface area contributed by atoms with Crippen LogP contribution in [0.3, 0.4) is 0 Å². The summed E-state index contributed by atoms with van der Waals surface area (Å²) in [5.41, 5.74) is 6.02. The van der Waals surface area contributed by atoms with E-state index in [2.05, 4.69) is 5.32 Å². The van der Waals surface area contributed by atoms with E-state index in [0.29, 0.717) is 33.5 Å². The summed E-state index contributed by atoms with van der Waals surface area (Å²) in [6.45, 7) is 1.14. The van der Waals surface area contributed by atoms with Crippen molar-refractivity contribution < 1.29 is 33.3 Å². The smallest absolute Gasteiger partial charge is 0.331 e. The molecule has 1 unspecified atom stereocenters. The Labute approximate surface area is 190 Å². The Hall–Kier alpha value is -3.72. The van der Waals surface area contributed by atoms with Crippen LogP contribution < -0.4 is 25.3 Å².